The van der Waals surface area contributed by atoms with Crippen molar-refractivity contribution in [1.82, 2.24) is 5.32 Å². The molecule has 4 N–H and O–H groups in total. The molecule has 2 atom stereocenters. The van der Waals surface area contributed by atoms with Crippen molar-refractivity contribution in [2.75, 3.05) is 19.7 Å². The zero-order chi connectivity index (χ0) is 16.7. The van der Waals surface area contributed by atoms with E-state index >= 15 is 0 Å². The van der Waals surface area contributed by atoms with Crippen molar-refractivity contribution in [2.45, 2.75) is 19.1 Å². The fraction of sp³-hybridized carbons (Fsp3) is 0.333. The molecule has 23 heavy (non-hydrogen) atoms. The number of aryl methyl sites for hydroxylation is 1. The van der Waals surface area contributed by atoms with Gasteiger partial charge in [-0.15, -0.1) is 0 Å². The van der Waals surface area contributed by atoms with E-state index in [9.17, 15) is 15.3 Å². The van der Waals surface area contributed by atoms with Gasteiger partial charge in [0.25, 0.3) is 0 Å². The minimum Gasteiger partial charge on any atom is -0.508 e. The molecule has 0 fully saturated rings. The van der Waals surface area contributed by atoms with Crippen LogP contribution in [-0.4, -0.2) is 41.1 Å². The van der Waals surface area contributed by atoms with Crippen molar-refractivity contribution in [3.8, 4) is 11.5 Å². The number of phenols is 1. The Balaban J connectivity index is 1.67. The second-order valence-electron chi connectivity index (χ2n) is 5.54. The highest BCUT2D eigenvalue weighted by atomic mass is 16.5. The van der Waals surface area contributed by atoms with Crippen molar-refractivity contribution >= 4 is 0 Å². The first-order chi connectivity index (χ1) is 11.0. The number of benzene rings is 2. The van der Waals surface area contributed by atoms with Gasteiger partial charge in [0.1, 0.15) is 24.2 Å². The number of hydrogen-bond acceptors (Lipinski definition) is 5. The van der Waals surface area contributed by atoms with Crippen LogP contribution in [0, 0.1) is 6.92 Å². The van der Waals surface area contributed by atoms with Crippen LogP contribution in [0.2, 0.25) is 0 Å². The first-order valence-electron chi connectivity index (χ1n) is 7.60. The highest BCUT2D eigenvalue weighted by molar-refractivity contribution is 5.27. The summed E-state index contributed by atoms with van der Waals surface area (Å²) in [6, 6.07) is 14.0. The van der Waals surface area contributed by atoms with Gasteiger partial charge in [-0.05, 0) is 36.8 Å². The molecule has 5 heteroatoms. The molecule has 0 aliphatic rings. The summed E-state index contributed by atoms with van der Waals surface area (Å²) in [5.74, 6) is 0.886. The van der Waals surface area contributed by atoms with Gasteiger partial charge in [-0.25, -0.2) is 0 Å². The Morgan fingerprint density at radius 1 is 0.957 bits per heavy atom. The number of phenolic OH excluding ortho intramolecular Hbond substituents is 1. The largest absolute Gasteiger partial charge is 0.508 e. The summed E-state index contributed by atoms with van der Waals surface area (Å²) in [6.45, 7) is 2.82. The van der Waals surface area contributed by atoms with Crippen LogP contribution in [0.5, 0.6) is 11.5 Å². The van der Waals surface area contributed by atoms with Crippen LogP contribution in [0.25, 0.3) is 0 Å². The van der Waals surface area contributed by atoms with Crippen molar-refractivity contribution in [1.29, 1.82) is 0 Å². The smallest absolute Gasteiger partial charge is 0.119 e. The Hall–Kier alpha value is -2.08. The molecule has 0 spiro atoms. The monoisotopic (exact) mass is 317 g/mol. The molecule has 2 rings (SSSR count). The molecule has 0 amide bonds. The predicted molar refractivity (Wildman–Crippen MR) is 88.6 cm³/mol. The lowest BCUT2D eigenvalue weighted by Gasteiger charge is -2.16. The minimum atomic E-state index is -0.694. The quantitative estimate of drug-likeness (QED) is 0.596. The van der Waals surface area contributed by atoms with E-state index in [0.29, 0.717) is 18.7 Å². The van der Waals surface area contributed by atoms with Gasteiger partial charge in [-0.1, -0.05) is 29.8 Å². The zero-order valence-corrected chi connectivity index (χ0v) is 13.1. The summed E-state index contributed by atoms with van der Waals surface area (Å²) in [4.78, 5) is 0. The molecule has 0 saturated carbocycles. The number of aliphatic hydroxyl groups is 2. The third-order valence-corrected chi connectivity index (χ3v) is 3.46. The molecule has 5 nitrogen and oxygen atoms in total. The van der Waals surface area contributed by atoms with E-state index in [1.54, 1.807) is 12.1 Å². The molecule has 124 valence electrons. The van der Waals surface area contributed by atoms with Gasteiger partial charge >= 0.3 is 0 Å². The summed E-state index contributed by atoms with van der Waals surface area (Å²) >= 11 is 0. The lowest BCUT2D eigenvalue weighted by atomic mass is 10.1. The third-order valence-electron chi connectivity index (χ3n) is 3.46. The second kappa shape index (κ2) is 8.53. The molecule has 0 aliphatic heterocycles. The average Bonchev–Trinajstić information content (AvgIpc) is 2.55. The van der Waals surface area contributed by atoms with E-state index in [-0.39, 0.29) is 12.4 Å². The van der Waals surface area contributed by atoms with Gasteiger partial charge in [0, 0.05) is 13.1 Å². The molecular weight excluding hydrogens is 294 g/mol. The molecule has 0 aromatic heterocycles. The SMILES string of the molecule is Cc1ccc(OCC(O)CNCC(O)c2ccc(O)cc2)cc1. The Kier molecular flexibility index (Phi) is 6.40. The second-order valence-corrected chi connectivity index (χ2v) is 5.54. The molecule has 0 aliphatic carbocycles. The van der Waals surface area contributed by atoms with Crippen LogP contribution in [0.15, 0.2) is 48.5 Å². The number of rotatable bonds is 8. The summed E-state index contributed by atoms with van der Waals surface area (Å²) in [7, 11) is 0. The molecule has 0 bridgehead atoms. The van der Waals surface area contributed by atoms with Gasteiger partial charge in [0.15, 0.2) is 0 Å². The van der Waals surface area contributed by atoms with Crippen molar-refractivity contribution < 1.29 is 20.1 Å². The van der Waals surface area contributed by atoms with E-state index in [4.69, 9.17) is 4.74 Å². The lowest BCUT2D eigenvalue weighted by molar-refractivity contribution is 0.0996. The third kappa shape index (κ3) is 5.90. The summed E-state index contributed by atoms with van der Waals surface area (Å²) < 4.78 is 5.50. The Morgan fingerprint density at radius 2 is 1.61 bits per heavy atom. The van der Waals surface area contributed by atoms with Crippen molar-refractivity contribution in [2.24, 2.45) is 0 Å². The maximum absolute atomic E-state index is 10.0. The summed E-state index contributed by atoms with van der Waals surface area (Å²) in [5.41, 5.74) is 1.86. The van der Waals surface area contributed by atoms with E-state index in [0.717, 1.165) is 11.3 Å². The fourth-order valence-electron chi connectivity index (χ4n) is 2.09. The van der Waals surface area contributed by atoms with Crippen LogP contribution in [0.4, 0.5) is 0 Å². The first kappa shape index (κ1) is 17.3. The van der Waals surface area contributed by atoms with Gasteiger partial charge in [0.2, 0.25) is 0 Å². The summed E-state index contributed by atoms with van der Waals surface area (Å²) in [6.07, 6.45) is -1.36. The van der Waals surface area contributed by atoms with Crippen LogP contribution in [0.1, 0.15) is 17.2 Å². The van der Waals surface area contributed by atoms with Crippen LogP contribution in [-0.2, 0) is 0 Å². The molecule has 2 aromatic rings. The first-order valence-corrected chi connectivity index (χ1v) is 7.60. The minimum absolute atomic E-state index is 0.164. The van der Waals surface area contributed by atoms with E-state index in [1.165, 1.54) is 12.1 Å². The molecule has 0 heterocycles. The fourth-order valence-corrected chi connectivity index (χ4v) is 2.09. The lowest BCUT2D eigenvalue weighted by Crippen LogP contribution is -2.33. The van der Waals surface area contributed by atoms with Crippen LogP contribution < -0.4 is 10.1 Å². The highest BCUT2D eigenvalue weighted by Gasteiger charge is 2.09. The number of nitrogens with one attached hydrogen (secondary N) is 1. The van der Waals surface area contributed by atoms with Gasteiger partial charge in [-0.3, -0.25) is 0 Å². The van der Waals surface area contributed by atoms with E-state index in [1.807, 2.05) is 31.2 Å². The van der Waals surface area contributed by atoms with Crippen LogP contribution >= 0.6 is 0 Å². The topological polar surface area (TPSA) is 82.0 Å². The predicted octanol–water partition coefficient (Wildman–Crippen LogP) is 1.76. The molecule has 2 aromatic carbocycles. The molecular formula is C18H23NO4. The number of hydrogen-bond donors (Lipinski definition) is 4. The number of aliphatic hydroxyl groups excluding tert-OH is 2. The van der Waals surface area contributed by atoms with Crippen molar-refractivity contribution in [3.63, 3.8) is 0 Å². The Morgan fingerprint density at radius 3 is 2.26 bits per heavy atom. The maximum atomic E-state index is 10.0. The normalized spacial score (nSPS) is 13.5. The average molecular weight is 317 g/mol. The van der Waals surface area contributed by atoms with Gasteiger partial charge < -0.3 is 25.4 Å². The van der Waals surface area contributed by atoms with E-state index in [2.05, 4.69) is 5.32 Å². The summed E-state index contributed by atoms with van der Waals surface area (Å²) in [5, 5.41) is 32.1. The van der Waals surface area contributed by atoms with E-state index < -0.39 is 12.2 Å². The Bertz CT molecular complexity index is 583. The molecule has 0 radical (unpaired) electrons. The maximum Gasteiger partial charge on any atom is 0.119 e. The number of ether oxygens (including phenoxy) is 1. The molecule has 0 saturated heterocycles. The Labute approximate surface area is 136 Å². The standard InChI is InChI=1S/C18H23NO4/c1-13-2-8-17(9-3-13)23-12-16(21)10-19-11-18(22)14-4-6-15(20)7-5-14/h2-9,16,18-22H,10-12H2,1H3. The van der Waals surface area contributed by atoms with Gasteiger partial charge in [0.05, 0.1) is 6.10 Å². The highest BCUT2D eigenvalue weighted by Crippen LogP contribution is 2.16. The molecule has 2 unspecified atom stereocenters. The number of aromatic hydroxyl groups is 1. The van der Waals surface area contributed by atoms with Crippen molar-refractivity contribution in [3.05, 3.63) is 59.7 Å². The van der Waals surface area contributed by atoms with Crippen LogP contribution in [0.3, 0.4) is 0 Å². The zero-order valence-electron chi connectivity index (χ0n) is 13.1. The van der Waals surface area contributed by atoms with Gasteiger partial charge in [-0.2, -0.15) is 0 Å².